The van der Waals surface area contributed by atoms with Gasteiger partial charge in [-0.3, -0.25) is 14.4 Å². The molecule has 2 heterocycles. The third-order valence-corrected chi connectivity index (χ3v) is 11.0. The number of hydrogen-bond donors (Lipinski definition) is 0. The lowest BCUT2D eigenvalue weighted by molar-refractivity contribution is -0.252. The van der Waals surface area contributed by atoms with E-state index in [0.717, 1.165) is 44.9 Å². The summed E-state index contributed by atoms with van der Waals surface area (Å²) < 4.78 is 12.5. The van der Waals surface area contributed by atoms with Gasteiger partial charge in [-0.25, -0.2) is 0 Å². The maximum Gasteiger partial charge on any atom is 0.312 e. The van der Waals surface area contributed by atoms with E-state index in [9.17, 15) is 14.4 Å². The van der Waals surface area contributed by atoms with Crippen LogP contribution in [0.5, 0.6) is 0 Å². The summed E-state index contributed by atoms with van der Waals surface area (Å²) in [6.07, 6.45) is 10.9. The first-order chi connectivity index (χ1) is 14.6. The van der Waals surface area contributed by atoms with Gasteiger partial charge in [0.05, 0.1) is 17.6 Å². The summed E-state index contributed by atoms with van der Waals surface area (Å²) >= 11 is 0. The lowest BCUT2D eigenvalue weighted by atomic mass is 9.37. The van der Waals surface area contributed by atoms with Crippen LogP contribution in [0.4, 0.5) is 0 Å². The lowest BCUT2D eigenvalue weighted by Gasteiger charge is -2.68. The fraction of sp³-hybridized carbons (Fsp3) is 0.808. The van der Waals surface area contributed by atoms with E-state index in [0.29, 0.717) is 24.9 Å². The Balaban J connectivity index is 1.41. The third-order valence-electron chi connectivity index (χ3n) is 11.0. The van der Waals surface area contributed by atoms with Gasteiger partial charge in [0.1, 0.15) is 5.60 Å². The molecule has 2 aliphatic heterocycles. The Labute approximate surface area is 184 Å². The van der Waals surface area contributed by atoms with Gasteiger partial charge in [-0.1, -0.05) is 13.3 Å². The summed E-state index contributed by atoms with van der Waals surface area (Å²) in [5, 5.41) is 0. The molecule has 1 spiro atoms. The largest absolute Gasteiger partial charge is 0.465 e. The Morgan fingerprint density at radius 3 is 2.48 bits per heavy atom. The maximum atomic E-state index is 13.0. The lowest BCUT2D eigenvalue weighted by Crippen LogP contribution is -2.67. The Morgan fingerprint density at radius 1 is 0.903 bits per heavy atom. The predicted molar refractivity (Wildman–Crippen MR) is 113 cm³/mol. The molecule has 5 nitrogen and oxygen atoms in total. The van der Waals surface area contributed by atoms with Crippen LogP contribution < -0.4 is 0 Å². The second-order valence-electron chi connectivity index (χ2n) is 12.3. The van der Waals surface area contributed by atoms with Crippen molar-refractivity contribution in [2.75, 3.05) is 6.61 Å². The molecule has 8 atom stereocenters. The summed E-state index contributed by atoms with van der Waals surface area (Å²) in [6, 6.07) is 0. The molecule has 5 fully saturated rings. The number of allylic oxidation sites excluding steroid dienone is 1. The van der Waals surface area contributed by atoms with Gasteiger partial charge in [0, 0.05) is 11.8 Å². The van der Waals surface area contributed by atoms with Gasteiger partial charge in [-0.15, -0.1) is 0 Å². The van der Waals surface area contributed by atoms with Crippen LogP contribution in [-0.4, -0.2) is 35.3 Å². The molecule has 168 valence electrons. The third kappa shape index (κ3) is 2.29. The normalized spacial score (nSPS) is 55.5. The van der Waals surface area contributed by atoms with Crippen LogP contribution in [-0.2, 0) is 23.9 Å². The average molecular weight is 427 g/mol. The average Bonchev–Trinajstić information content (AvgIpc) is 3.02. The van der Waals surface area contributed by atoms with Crippen molar-refractivity contribution in [3.05, 3.63) is 12.2 Å². The highest BCUT2D eigenvalue weighted by molar-refractivity contribution is 6.09. The molecule has 0 aromatic heterocycles. The quantitative estimate of drug-likeness (QED) is 0.544. The second-order valence-corrected chi connectivity index (χ2v) is 12.3. The molecule has 0 radical (unpaired) electrons. The van der Waals surface area contributed by atoms with Crippen molar-refractivity contribution in [1.82, 2.24) is 0 Å². The van der Waals surface area contributed by atoms with Crippen molar-refractivity contribution in [2.24, 2.45) is 34.0 Å². The SMILES string of the molecule is C[C@@]12CCC3[C@]4(CCC[C@@]3(C)C(=O)OC4)C1CC[C@]1(C)O[C@]3(CC(=O)C=CC3=O)CC21. The first-order valence-corrected chi connectivity index (χ1v) is 12.2. The van der Waals surface area contributed by atoms with Gasteiger partial charge < -0.3 is 9.47 Å². The molecule has 6 rings (SSSR count). The zero-order valence-electron chi connectivity index (χ0n) is 19.0. The Kier molecular flexibility index (Phi) is 3.83. The minimum Gasteiger partial charge on any atom is -0.465 e. The van der Waals surface area contributed by atoms with Crippen molar-refractivity contribution < 1.29 is 23.9 Å². The zero-order chi connectivity index (χ0) is 21.9. The Morgan fingerprint density at radius 2 is 1.68 bits per heavy atom. The summed E-state index contributed by atoms with van der Waals surface area (Å²) in [6.45, 7) is 7.30. The number of carbonyl (C=O) groups excluding carboxylic acids is 3. The van der Waals surface area contributed by atoms with E-state index in [1.165, 1.54) is 12.2 Å². The summed E-state index contributed by atoms with van der Waals surface area (Å²) in [5.74, 6) is 1.07. The molecule has 2 bridgehead atoms. The van der Waals surface area contributed by atoms with E-state index in [-0.39, 0.29) is 51.7 Å². The standard InChI is InChI=1S/C26H34O5/c1-22-11-7-18-23(2)9-4-10-25(18,15-30-21(23)29)17(22)8-12-24(3)19(22)14-26(31-24)13-16(27)5-6-20(26)28/h5-6,17-19H,4,7-15H2,1-3H3/t17?,18?,19?,22-,23-,24+,25+,26-/m1/s1. The molecule has 31 heavy (non-hydrogen) atoms. The fourth-order valence-corrected chi connectivity index (χ4v) is 9.69. The van der Waals surface area contributed by atoms with Crippen LogP contribution >= 0.6 is 0 Å². The number of cyclic esters (lactones) is 1. The van der Waals surface area contributed by atoms with Gasteiger partial charge in [0.15, 0.2) is 11.6 Å². The van der Waals surface area contributed by atoms with E-state index < -0.39 is 5.60 Å². The van der Waals surface area contributed by atoms with Crippen molar-refractivity contribution >= 4 is 17.5 Å². The van der Waals surface area contributed by atoms with Crippen molar-refractivity contribution in [2.45, 2.75) is 89.8 Å². The summed E-state index contributed by atoms with van der Waals surface area (Å²) in [5.41, 5.74) is -1.61. The highest BCUT2D eigenvalue weighted by Crippen LogP contribution is 2.73. The van der Waals surface area contributed by atoms with Crippen molar-refractivity contribution in [3.8, 4) is 0 Å². The number of hydrogen-bond acceptors (Lipinski definition) is 5. The van der Waals surface area contributed by atoms with Crippen LogP contribution in [0.15, 0.2) is 12.2 Å². The number of ether oxygens (including phenoxy) is 2. The number of esters is 1. The molecule has 2 saturated heterocycles. The van der Waals surface area contributed by atoms with Crippen LogP contribution in [0, 0.1) is 34.0 Å². The van der Waals surface area contributed by atoms with Crippen molar-refractivity contribution in [1.29, 1.82) is 0 Å². The fourth-order valence-electron chi connectivity index (χ4n) is 9.69. The Hall–Kier alpha value is -1.49. The molecule has 0 amide bonds. The summed E-state index contributed by atoms with van der Waals surface area (Å²) in [4.78, 5) is 38.0. The highest BCUT2D eigenvalue weighted by atomic mass is 16.5. The molecule has 6 aliphatic rings. The molecule has 0 aromatic carbocycles. The minimum absolute atomic E-state index is 0.00640. The van der Waals surface area contributed by atoms with Crippen molar-refractivity contribution in [3.63, 3.8) is 0 Å². The van der Waals surface area contributed by atoms with Gasteiger partial charge >= 0.3 is 5.97 Å². The van der Waals surface area contributed by atoms with Crippen LogP contribution in [0.3, 0.4) is 0 Å². The summed E-state index contributed by atoms with van der Waals surface area (Å²) in [7, 11) is 0. The highest BCUT2D eigenvalue weighted by Gasteiger charge is 2.73. The number of rotatable bonds is 0. The van der Waals surface area contributed by atoms with Gasteiger partial charge in [0.2, 0.25) is 0 Å². The first kappa shape index (κ1) is 20.1. The topological polar surface area (TPSA) is 69.7 Å². The molecule has 5 heteroatoms. The van der Waals surface area contributed by atoms with E-state index in [1.54, 1.807) is 0 Å². The van der Waals surface area contributed by atoms with Crippen LogP contribution in [0.25, 0.3) is 0 Å². The smallest absolute Gasteiger partial charge is 0.312 e. The molecule has 3 unspecified atom stereocenters. The molecular formula is C26H34O5. The first-order valence-electron chi connectivity index (χ1n) is 12.2. The van der Waals surface area contributed by atoms with E-state index >= 15 is 0 Å². The Bertz CT molecular complexity index is 923. The second kappa shape index (κ2) is 5.89. The number of carbonyl (C=O) groups is 3. The van der Waals surface area contributed by atoms with E-state index in [4.69, 9.17) is 9.47 Å². The van der Waals surface area contributed by atoms with Gasteiger partial charge in [0.25, 0.3) is 0 Å². The van der Waals surface area contributed by atoms with E-state index in [1.807, 2.05) is 0 Å². The number of fused-ring (bicyclic) bond motifs is 3. The van der Waals surface area contributed by atoms with Crippen LogP contribution in [0.2, 0.25) is 0 Å². The molecule has 3 saturated carbocycles. The van der Waals surface area contributed by atoms with Gasteiger partial charge in [-0.05, 0) is 94.1 Å². The van der Waals surface area contributed by atoms with Crippen LogP contribution in [0.1, 0.15) is 78.6 Å². The monoisotopic (exact) mass is 426 g/mol. The molecule has 0 aromatic rings. The molecule has 4 aliphatic carbocycles. The molecule has 0 N–H and O–H groups in total. The molecular weight excluding hydrogens is 392 g/mol. The number of ketones is 2. The predicted octanol–water partition coefficient (Wildman–Crippen LogP) is 4.18. The minimum atomic E-state index is -0.974. The zero-order valence-corrected chi connectivity index (χ0v) is 19.0. The van der Waals surface area contributed by atoms with Gasteiger partial charge in [-0.2, -0.15) is 0 Å². The van der Waals surface area contributed by atoms with E-state index in [2.05, 4.69) is 20.8 Å². The maximum absolute atomic E-state index is 13.0.